The SMILES string of the molecule is CCN[C@H](CC)c1nc2ccccc2c(=O)n1-c1ccc(C)cc1C. The summed E-state index contributed by atoms with van der Waals surface area (Å²) in [5.74, 6) is 0.778. The average molecular weight is 335 g/mol. The molecule has 0 aliphatic heterocycles. The van der Waals surface area contributed by atoms with Crippen LogP contribution in [0.4, 0.5) is 0 Å². The smallest absolute Gasteiger partial charge is 0.266 e. The maximum absolute atomic E-state index is 13.3. The Balaban J connectivity index is 2.38. The van der Waals surface area contributed by atoms with Gasteiger partial charge in [0, 0.05) is 0 Å². The molecule has 0 spiro atoms. The van der Waals surface area contributed by atoms with Crippen molar-refractivity contribution in [3.05, 3.63) is 69.8 Å². The van der Waals surface area contributed by atoms with E-state index in [1.165, 1.54) is 5.56 Å². The van der Waals surface area contributed by atoms with Crippen LogP contribution in [0.25, 0.3) is 16.6 Å². The third-order valence-corrected chi connectivity index (χ3v) is 4.57. The molecule has 25 heavy (non-hydrogen) atoms. The summed E-state index contributed by atoms with van der Waals surface area (Å²) >= 11 is 0. The average Bonchev–Trinajstić information content (AvgIpc) is 2.60. The van der Waals surface area contributed by atoms with Crippen LogP contribution in [-0.2, 0) is 0 Å². The van der Waals surface area contributed by atoms with Crippen molar-refractivity contribution in [2.24, 2.45) is 0 Å². The zero-order valence-electron chi connectivity index (χ0n) is 15.3. The van der Waals surface area contributed by atoms with Gasteiger partial charge in [-0.25, -0.2) is 4.98 Å². The van der Waals surface area contributed by atoms with Gasteiger partial charge in [0.25, 0.3) is 5.56 Å². The van der Waals surface area contributed by atoms with Crippen LogP contribution in [0.2, 0.25) is 0 Å². The van der Waals surface area contributed by atoms with E-state index in [2.05, 4.69) is 32.2 Å². The first-order valence-electron chi connectivity index (χ1n) is 8.89. The third-order valence-electron chi connectivity index (χ3n) is 4.57. The molecule has 1 heterocycles. The monoisotopic (exact) mass is 335 g/mol. The summed E-state index contributed by atoms with van der Waals surface area (Å²) in [6.07, 6.45) is 0.865. The van der Waals surface area contributed by atoms with Gasteiger partial charge >= 0.3 is 0 Å². The van der Waals surface area contributed by atoms with Gasteiger partial charge in [0.15, 0.2) is 0 Å². The molecule has 0 aliphatic rings. The zero-order chi connectivity index (χ0) is 18.0. The van der Waals surface area contributed by atoms with Gasteiger partial charge in [0.2, 0.25) is 0 Å². The fourth-order valence-corrected chi connectivity index (χ4v) is 3.34. The molecule has 130 valence electrons. The minimum absolute atomic E-state index is 0.0103. The van der Waals surface area contributed by atoms with Crippen molar-refractivity contribution < 1.29 is 0 Å². The number of hydrogen-bond donors (Lipinski definition) is 1. The van der Waals surface area contributed by atoms with E-state index < -0.39 is 0 Å². The van der Waals surface area contributed by atoms with E-state index in [4.69, 9.17) is 4.98 Å². The van der Waals surface area contributed by atoms with Gasteiger partial charge in [-0.3, -0.25) is 9.36 Å². The lowest BCUT2D eigenvalue weighted by Gasteiger charge is -2.22. The number of aryl methyl sites for hydroxylation is 2. The maximum atomic E-state index is 13.3. The number of hydrogen-bond acceptors (Lipinski definition) is 3. The second-order valence-corrected chi connectivity index (χ2v) is 6.44. The van der Waals surface area contributed by atoms with Gasteiger partial charge < -0.3 is 5.32 Å². The van der Waals surface area contributed by atoms with Crippen molar-refractivity contribution >= 4 is 10.9 Å². The van der Waals surface area contributed by atoms with Gasteiger partial charge in [0.05, 0.1) is 22.6 Å². The van der Waals surface area contributed by atoms with Gasteiger partial charge in [-0.15, -0.1) is 0 Å². The second-order valence-electron chi connectivity index (χ2n) is 6.44. The van der Waals surface area contributed by atoms with E-state index in [9.17, 15) is 4.79 Å². The highest BCUT2D eigenvalue weighted by atomic mass is 16.1. The third kappa shape index (κ3) is 3.22. The fourth-order valence-electron chi connectivity index (χ4n) is 3.34. The summed E-state index contributed by atoms with van der Waals surface area (Å²) in [5, 5.41) is 4.11. The molecule has 0 bridgehead atoms. The molecule has 3 aromatic rings. The molecule has 0 aliphatic carbocycles. The van der Waals surface area contributed by atoms with Crippen LogP contribution in [0.1, 0.15) is 43.3 Å². The molecule has 0 unspecified atom stereocenters. The van der Waals surface area contributed by atoms with Crippen molar-refractivity contribution in [3.63, 3.8) is 0 Å². The molecule has 1 atom stereocenters. The minimum atomic E-state index is -0.0103. The molecule has 0 saturated heterocycles. The number of nitrogens with one attached hydrogen (secondary N) is 1. The van der Waals surface area contributed by atoms with Crippen molar-refractivity contribution in [3.8, 4) is 5.69 Å². The van der Waals surface area contributed by atoms with Crippen LogP contribution in [-0.4, -0.2) is 16.1 Å². The molecule has 2 aromatic carbocycles. The molecular weight excluding hydrogens is 310 g/mol. The largest absolute Gasteiger partial charge is 0.308 e. The molecule has 4 heteroatoms. The number of fused-ring (bicyclic) bond motifs is 1. The molecular formula is C21H25N3O. The highest BCUT2D eigenvalue weighted by Crippen LogP contribution is 2.22. The summed E-state index contributed by atoms with van der Waals surface area (Å²) < 4.78 is 1.79. The highest BCUT2D eigenvalue weighted by molar-refractivity contribution is 5.78. The summed E-state index contributed by atoms with van der Waals surface area (Å²) in [6, 6.07) is 13.8. The number of nitrogens with zero attached hydrogens (tertiary/aromatic N) is 2. The lowest BCUT2D eigenvalue weighted by Crippen LogP contribution is -2.31. The first-order chi connectivity index (χ1) is 12.1. The van der Waals surface area contributed by atoms with Crippen molar-refractivity contribution in [1.29, 1.82) is 0 Å². The van der Waals surface area contributed by atoms with Crippen LogP contribution in [0, 0.1) is 13.8 Å². The van der Waals surface area contributed by atoms with Gasteiger partial charge in [0.1, 0.15) is 5.82 Å². The Kier molecular flexibility index (Phi) is 5.00. The van der Waals surface area contributed by atoms with E-state index in [1.54, 1.807) is 4.57 Å². The summed E-state index contributed by atoms with van der Waals surface area (Å²) in [6.45, 7) is 9.12. The first kappa shape index (κ1) is 17.4. The Hall–Kier alpha value is -2.46. The molecule has 3 rings (SSSR count). The van der Waals surface area contributed by atoms with E-state index in [1.807, 2.05) is 43.3 Å². The van der Waals surface area contributed by atoms with E-state index in [0.29, 0.717) is 5.39 Å². The Morgan fingerprint density at radius 1 is 1.12 bits per heavy atom. The van der Waals surface area contributed by atoms with Crippen LogP contribution >= 0.6 is 0 Å². The normalized spacial score (nSPS) is 12.5. The summed E-state index contributed by atoms with van der Waals surface area (Å²) in [5.41, 5.74) is 3.90. The standard InChI is InChI=1S/C21H25N3O/c1-5-17(22-6-2)20-23-18-10-8-7-9-16(18)21(25)24(20)19-12-11-14(3)13-15(19)4/h7-13,17,22H,5-6H2,1-4H3/t17-/m1/s1. The lowest BCUT2D eigenvalue weighted by atomic mass is 10.1. The Labute approximate surface area is 148 Å². The predicted molar refractivity (Wildman–Crippen MR) is 104 cm³/mol. The molecule has 0 fully saturated rings. The maximum Gasteiger partial charge on any atom is 0.266 e. The van der Waals surface area contributed by atoms with Gasteiger partial charge in [-0.05, 0) is 50.6 Å². The van der Waals surface area contributed by atoms with Crippen LogP contribution in [0.15, 0.2) is 47.3 Å². The summed E-state index contributed by atoms with van der Waals surface area (Å²) in [4.78, 5) is 18.2. The van der Waals surface area contributed by atoms with Gasteiger partial charge in [-0.1, -0.05) is 43.7 Å². The molecule has 0 amide bonds. The quantitative estimate of drug-likeness (QED) is 0.765. The first-order valence-corrected chi connectivity index (χ1v) is 8.89. The molecule has 0 radical (unpaired) electrons. The zero-order valence-corrected chi connectivity index (χ0v) is 15.3. The van der Waals surface area contributed by atoms with Gasteiger partial charge in [-0.2, -0.15) is 0 Å². The number of para-hydroxylation sites is 1. The Morgan fingerprint density at radius 2 is 1.88 bits per heavy atom. The highest BCUT2D eigenvalue weighted by Gasteiger charge is 2.20. The number of benzene rings is 2. The van der Waals surface area contributed by atoms with Crippen molar-refractivity contribution in [2.45, 2.75) is 40.2 Å². The van der Waals surface area contributed by atoms with E-state index >= 15 is 0 Å². The Morgan fingerprint density at radius 3 is 2.56 bits per heavy atom. The van der Waals surface area contributed by atoms with Crippen molar-refractivity contribution in [1.82, 2.24) is 14.9 Å². The van der Waals surface area contributed by atoms with Crippen LogP contribution in [0.3, 0.4) is 0 Å². The summed E-state index contributed by atoms with van der Waals surface area (Å²) in [7, 11) is 0. The van der Waals surface area contributed by atoms with Crippen LogP contribution in [0.5, 0.6) is 0 Å². The fraction of sp³-hybridized carbons (Fsp3) is 0.333. The van der Waals surface area contributed by atoms with Crippen molar-refractivity contribution in [2.75, 3.05) is 6.54 Å². The van der Waals surface area contributed by atoms with Crippen LogP contribution < -0.4 is 10.9 Å². The predicted octanol–water partition coefficient (Wildman–Crippen LogP) is 4.06. The second kappa shape index (κ2) is 7.19. The molecule has 1 aromatic heterocycles. The number of rotatable bonds is 5. The molecule has 0 saturated carbocycles. The molecule has 4 nitrogen and oxygen atoms in total. The van der Waals surface area contributed by atoms with E-state index in [0.717, 1.165) is 35.6 Å². The molecule has 1 N–H and O–H groups in total. The Bertz CT molecular complexity index is 959. The minimum Gasteiger partial charge on any atom is -0.308 e. The topological polar surface area (TPSA) is 46.9 Å². The van der Waals surface area contributed by atoms with E-state index in [-0.39, 0.29) is 11.6 Å². The lowest BCUT2D eigenvalue weighted by molar-refractivity contribution is 0.498. The number of aromatic nitrogens is 2.